The number of carbonyl (C=O) groups excluding carboxylic acids is 1. The van der Waals surface area contributed by atoms with Gasteiger partial charge in [0.15, 0.2) is 0 Å². The van der Waals surface area contributed by atoms with Gasteiger partial charge < -0.3 is 15.4 Å². The summed E-state index contributed by atoms with van der Waals surface area (Å²) in [6.07, 6.45) is 4.73. The Morgan fingerprint density at radius 1 is 1.26 bits per heavy atom. The van der Waals surface area contributed by atoms with Gasteiger partial charge in [0.25, 0.3) is 11.5 Å². The van der Waals surface area contributed by atoms with Crippen LogP contribution in [0.4, 0.5) is 0 Å². The smallest absolute Gasteiger partial charge is 0.325 e. The summed E-state index contributed by atoms with van der Waals surface area (Å²) >= 11 is 0. The first-order valence-electron chi connectivity index (χ1n) is 6.39. The van der Waals surface area contributed by atoms with Crippen molar-refractivity contribution in [2.24, 2.45) is 0 Å². The van der Waals surface area contributed by atoms with Gasteiger partial charge in [-0.1, -0.05) is 19.3 Å². The summed E-state index contributed by atoms with van der Waals surface area (Å²) in [5.41, 5.74) is -1.54. The van der Waals surface area contributed by atoms with Gasteiger partial charge in [-0.05, 0) is 12.8 Å². The van der Waals surface area contributed by atoms with Crippen LogP contribution in [0.2, 0.25) is 0 Å². The highest BCUT2D eigenvalue weighted by Crippen LogP contribution is 2.18. The number of aromatic amines is 2. The van der Waals surface area contributed by atoms with E-state index >= 15 is 0 Å². The summed E-state index contributed by atoms with van der Waals surface area (Å²) < 4.78 is 0. The highest BCUT2D eigenvalue weighted by molar-refractivity contribution is 5.93. The van der Waals surface area contributed by atoms with Crippen LogP contribution in [0.3, 0.4) is 0 Å². The Balaban J connectivity index is 2.11. The summed E-state index contributed by atoms with van der Waals surface area (Å²) in [4.78, 5) is 38.5. The lowest BCUT2D eigenvalue weighted by Gasteiger charge is -2.21. The Morgan fingerprint density at radius 2 is 2.00 bits per heavy atom. The molecule has 1 fully saturated rings. The molecule has 7 nitrogen and oxygen atoms in total. The van der Waals surface area contributed by atoms with Crippen LogP contribution < -0.4 is 16.6 Å². The maximum absolute atomic E-state index is 11.9. The first-order chi connectivity index (χ1) is 9.08. The molecular weight excluding hydrogens is 250 g/mol. The molecular formula is C12H17N3O4. The zero-order valence-corrected chi connectivity index (χ0v) is 10.4. The Kier molecular flexibility index (Phi) is 4.16. The van der Waals surface area contributed by atoms with E-state index in [4.69, 9.17) is 0 Å². The second-order valence-electron chi connectivity index (χ2n) is 4.77. The Labute approximate surface area is 109 Å². The molecule has 1 aliphatic carbocycles. The van der Waals surface area contributed by atoms with Crippen molar-refractivity contribution in [1.82, 2.24) is 15.3 Å². The topological polar surface area (TPSA) is 115 Å². The summed E-state index contributed by atoms with van der Waals surface area (Å²) in [6.45, 7) is 0. The van der Waals surface area contributed by atoms with Gasteiger partial charge in [-0.25, -0.2) is 4.79 Å². The average Bonchev–Trinajstić information content (AvgIpc) is 2.55. The van der Waals surface area contributed by atoms with E-state index in [0.29, 0.717) is 12.8 Å². The van der Waals surface area contributed by atoms with Crippen molar-refractivity contribution in [2.45, 2.75) is 44.2 Å². The zero-order valence-electron chi connectivity index (χ0n) is 10.4. The van der Waals surface area contributed by atoms with Crippen LogP contribution in [-0.2, 0) is 0 Å². The molecule has 0 aromatic carbocycles. The molecule has 1 aromatic rings. The normalized spacial score (nSPS) is 23.6. The number of amides is 1. The monoisotopic (exact) mass is 267 g/mol. The van der Waals surface area contributed by atoms with Gasteiger partial charge in [0.05, 0.1) is 12.1 Å². The van der Waals surface area contributed by atoms with Gasteiger partial charge in [-0.2, -0.15) is 0 Å². The van der Waals surface area contributed by atoms with E-state index in [-0.39, 0.29) is 11.6 Å². The van der Waals surface area contributed by atoms with Crippen molar-refractivity contribution in [2.75, 3.05) is 0 Å². The minimum Gasteiger partial charge on any atom is -0.391 e. The van der Waals surface area contributed by atoms with Gasteiger partial charge >= 0.3 is 5.69 Å². The molecule has 0 bridgehead atoms. The van der Waals surface area contributed by atoms with E-state index < -0.39 is 23.3 Å². The number of H-pyrrole nitrogens is 2. The molecule has 0 saturated heterocycles. The zero-order chi connectivity index (χ0) is 13.8. The van der Waals surface area contributed by atoms with Crippen LogP contribution in [0.1, 0.15) is 42.5 Å². The molecule has 1 aliphatic rings. The lowest BCUT2D eigenvalue weighted by atomic mass is 10.1. The quantitative estimate of drug-likeness (QED) is 0.540. The molecule has 0 radical (unpaired) electrons. The van der Waals surface area contributed by atoms with Crippen molar-refractivity contribution in [1.29, 1.82) is 0 Å². The van der Waals surface area contributed by atoms with Crippen molar-refractivity contribution >= 4 is 5.91 Å². The SMILES string of the molecule is O=C(NC1CCCCCC1O)c1c[nH]c(=O)[nH]c1=O. The third-order valence-corrected chi connectivity index (χ3v) is 3.36. The number of hydrogen-bond acceptors (Lipinski definition) is 4. The lowest BCUT2D eigenvalue weighted by molar-refractivity contribution is 0.0817. The fourth-order valence-corrected chi connectivity index (χ4v) is 2.28. The third-order valence-electron chi connectivity index (χ3n) is 3.36. The summed E-state index contributed by atoms with van der Waals surface area (Å²) in [6, 6.07) is -0.346. The molecule has 2 unspecified atom stereocenters. The fraction of sp³-hybridized carbons (Fsp3) is 0.583. The first-order valence-corrected chi connectivity index (χ1v) is 6.39. The number of aliphatic hydroxyl groups is 1. The second kappa shape index (κ2) is 5.83. The summed E-state index contributed by atoms with van der Waals surface area (Å²) in [5, 5.41) is 12.6. The third kappa shape index (κ3) is 3.31. The average molecular weight is 267 g/mol. The van der Waals surface area contributed by atoms with E-state index in [9.17, 15) is 19.5 Å². The van der Waals surface area contributed by atoms with Gasteiger partial charge in [0.2, 0.25) is 0 Å². The number of rotatable bonds is 2. The Morgan fingerprint density at radius 3 is 2.74 bits per heavy atom. The number of hydrogen-bond donors (Lipinski definition) is 4. The predicted octanol–water partition coefficient (Wildman–Crippen LogP) is -0.513. The molecule has 1 amide bonds. The summed E-state index contributed by atoms with van der Waals surface area (Å²) in [7, 11) is 0. The van der Waals surface area contributed by atoms with Crippen molar-refractivity contribution in [3.05, 3.63) is 32.6 Å². The molecule has 7 heteroatoms. The number of nitrogens with one attached hydrogen (secondary N) is 3. The van der Waals surface area contributed by atoms with Crippen LogP contribution >= 0.6 is 0 Å². The highest BCUT2D eigenvalue weighted by atomic mass is 16.3. The molecule has 0 spiro atoms. The van der Waals surface area contributed by atoms with Crippen LogP contribution in [0, 0.1) is 0 Å². The van der Waals surface area contributed by atoms with Crippen LogP contribution in [0.15, 0.2) is 15.8 Å². The highest BCUT2D eigenvalue weighted by Gasteiger charge is 2.24. The molecule has 1 saturated carbocycles. The molecule has 0 aliphatic heterocycles. The first kappa shape index (κ1) is 13.5. The maximum atomic E-state index is 11.9. The van der Waals surface area contributed by atoms with Gasteiger partial charge in [0.1, 0.15) is 5.56 Å². The van der Waals surface area contributed by atoms with E-state index in [1.807, 2.05) is 4.98 Å². The standard InChI is InChI=1S/C12H17N3O4/c16-9-5-3-1-2-4-8(9)14-10(17)7-6-13-12(19)15-11(7)18/h6,8-9,16H,1-5H2,(H,14,17)(H2,13,15,18,19). The van der Waals surface area contributed by atoms with Gasteiger partial charge in [-0.15, -0.1) is 0 Å². The summed E-state index contributed by atoms with van der Waals surface area (Å²) in [5.74, 6) is -0.580. The number of aromatic nitrogens is 2. The molecule has 104 valence electrons. The molecule has 4 N–H and O–H groups in total. The van der Waals surface area contributed by atoms with Crippen LogP contribution in [0.25, 0.3) is 0 Å². The van der Waals surface area contributed by atoms with E-state index in [1.165, 1.54) is 0 Å². The minimum absolute atomic E-state index is 0.156. The van der Waals surface area contributed by atoms with Gasteiger partial charge in [-0.3, -0.25) is 14.6 Å². The van der Waals surface area contributed by atoms with Crippen molar-refractivity contribution in [3.63, 3.8) is 0 Å². The number of aliphatic hydroxyl groups excluding tert-OH is 1. The Bertz CT molecular complexity index is 563. The molecule has 2 rings (SSSR count). The minimum atomic E-state index is -0.732. The van der Waals surface area contributed by atoms with Crippen molar-refractivity contribution in [3.8, 4) is 0 Å². The molecule has 1 aromatic heterocycles. The van der Waals surface area contributed by atoms with Crippen LogP contribution in [-0.4, -0.2) is 33.1 Å². The molecule has 1 heterocycles. The largest absolute Gasteiger partial charge is 0.391 e. The fourth-order valence-electron chi connectivity index (χ4n) is 2.28. The van der Waals surface area contributed by atoms with E-state index in [1.54, 1.807) is 0 Å². The second-order valence-corrected chi connectivity index (χ2v) is 4.77. The van der Waals surface area contributed by atoms with E-state index in [2.05, 4.69) is 10.3 Å². The Hall–Kier alpha value is -1.89. The predicted molar refractivity (Wildman–Crippen MR) is 68.0 cm³/mol. The van der Waals surface area contributed by atoms with E-state index in [0.717, 1.165) is 25.5 Å². The molecule has 2 atom stereocenters. The molecule has 19 heavy (non-hydrogen) atoms. The van der Waals surface area contributed by atoms with Crippen molar-refractivity contribution < 1.29 is 9.90 Å². The lowest BCUT2D eigenvalue weighted by Crippen LogP contribution is -2.44. The van der Waals surface area contributed by atoms with Gasteiger partial charge in [0, 0.05) is 6.20 Å². The van der Waals surface area contributed by atoms with Crippen LogP contribution in [0.5, 0.6) is 0 Å². The maximum Gasteiger partial charge on any atom is 0.325 e. The number of carbonyl (C=O) groups is 1.